The Morgan fingerprint density at radius 1 is 1.11 bits per heavy atom. The van der Waals surface area contributed by atoms with E-state index in [4.69, 9.17) is 8.83 Å². The Labute approximate surface area is 157 Å². The predicted molar refractivity (Wildman–Crippen MR) is 105 cm³/mol. The number of hydrogen-bond donors (Lipinski definition) is 1. The molecule has 142 valence electrons. The van der Waals surface area contributed by atoms with Crippen molar-refractivity contribution in [1.29, 1.82) is 0 Å². The quantitative estimate of drug-likeness (QED) is 0.687. The van der Waals surface area contributed by atoms with Crippen LogP contribution in [-0.2, 0) is 11.2 Å². The molecule has 2 aromatic heterocycles. The summed E-state index contributed by atoms with van der Waals surface area (Å²) >= 11 is 0. The second-order valence-corrected chi connectivity index (χ2v) is 7.66. The molecule has 1 amide bonds. The molecule has 0 saturated heterocycles. The summed E-state index contributed by atoms with van der Waals surface area (Å²) < 4.78 is 11.0. The fourth-order valence-corrected chi connectivity index (χ4v) is 4.11. The molecule has 0 unspecified atom stereocenters. The lowest BCUT2D eigenvalue weighted by atomic mass is 9.95. The molecule has 5 heteroatoms. The van der Waals surface area contributed by atoms with Crippen LogP contribution in [0.4, 0.5) is 0 Å². The van der Waals surface area contributed by atoms with Crippen molar-refractivity contribution in [2.24, 2.45) is 0 Å². The van der Waals surface area contributed by atoms with E-state index in [0.29, 0.717) is 29.6 Å². The lowest BCUT2D eigenvalue weighted by Crippen LogP contribution is -2.36. The van der Waals surface area contributed by atoms with Crippen molar-refractivity contribution >= 4 is 27.8 Å². The maximum absolute atomic E-state index is 12.5. The summed E-state index contributed by atoms with van der Waals surface area (Å²) in [7, 11) is 0. The van der Waals surface area contributed by atoms with Crippen LogP contribution in [0.25, 0.3) is 21.9 Å². The summed E-state index contributed by atoms with van der Waals surface area (Å²) in [5.41, 5.74) is 3.38. The van der Waals surface area contributed by atoms with Gasteiger partial charge in [0.25, 0.3) is 0 Å². The van der Waals surface area contributed by atoms with Gasteiger partial charge in [-0.2, -0.15) is 0 Å². The summed E-state index contributed by atoms with van der Waals surface area (Å²) in [5.74, 6) is 0.0157. The summed E-state index contributed by atoms with van der Waals surface area (Å²) in [4.78, 5) is 24.8. The van der Waals surface area contributed by atoms with Gasteiger partial charge >= 0.3 is 5.63 Å². The van der Waals surface area contributed by atoms with Gasteiger partial charge in [-0.15, -0.1) is 0 Å². The van der Waals surface area contributed by atoms with Crippen LogP contribution in [0.1, 0.15) is 55.2 Å². The number of carbonyl (C=O) groups excluding carboxylic acids is 1. The Morgan fingerprint density at radius 2 is 1.89 bits per heavy atom. The molecule has 1 saturated carbocycles. The van der Waals surface area contributed by atoms with Crippen LogP contribution in [0, 0.1) is 13.8 Å². The average Bonchev–Trinajstić information content (AvgIpc) is 3.01. The first kappa shape index (κ1) is 17.8. The first-order chi connectivity index (χ1) is 13.0. The van der Waals surface area contributed by atoms with Gasteiger partial charge in [-0.1, -0.05) is 19.3 Å². The third kappa shape index (κ3) is 3.51. The highest BCUT2D eigenvalue weighted by Crippen LogP contribution is 2.29. The molecule has 1 N–H and O–H groups in total. The standard InChI is InChI=1S/C22H25NO4/c1-13-12-26-19-11-20-18(10-17(13)19)14(2)16(22(25)27-20)8-9-21(24)23-15-6-4-3-5-7-15/h10-12,15H,3-9H2,1-2H3,(H,23,24). The second-order valence-electron chi connectivity index (χ2n) is 7.66. The molecule has 27 heavy (non-hydrogen) atoms. The normalized spacial score (nSPS) is 15.5. The van der Waals surface area contributed by atoms with Gasteiger partial charge in [0, 0.05) is 34.9 Å². The van der Waals surface area contributed by atoms with E-state index in [1.54, 1.807) is 12.3 Å². The molecule has 5 nitrogen and oxygen atoms in total. The molecule has 4 rings (SSSR count). The molecular formula is C22H25NO4. The number of amides is 1. The van der Waals surface area contributed by atoms with E-state index in [0.717, 1.165) is 34.7 Å². The number of carbonyl (C=O) groups is 1. The van der Waals surface area contributed by atoms with E-state index in [2.05, 4.69) is 5.32 Å². The maximum atomic E-state index is 12.5. The van der Waals surface area contributed by atoms with Crippen LogP contribution in [0.3, 0.4) is 0 Å². The van der Waals surface area contributed by atoms with Gasteiger partial charge in [-0.3, -0.25) is 4.79 Å². The smallest absolute Gasteiger partial charge is 0.339 e. The molecule has 0 radical (unpaired) electrons. The van der Waals surface area contributed by atoms with E-state index in [9.17, 15) is 9.59 Å². The van der Waals surface area contributed by atoms with Crippen molar-refractivity contribution in [1.82, 2.24) is 5.32 Å². The molecule has 1 aliphatic rings. The highest BCUT2D eigenvalue weighted by Gasteiger charge is 2.18. The zero-order valence-electron chi connectivity index (χ0n) is 15.9. The van der Waals surface area contributed by atoms with E-state index < -0.39 is 0 Å². The first-order valence-electron chi connectivity index (χ1n) is 9.76. The minimum absolute atomic E-state index is 0.0157. The number of rotatable bonds is 4. The van der Waals surface area contributed by atoms with E-state index >= 15 is 0 Å². The fraction of sp³-hybridized carbons (Fsp3) is 0.455. The van der Waals surface area contributed by atoms with E-state index in [1.165, 1.54) is 19.3 Å². The molecule has 3 aromatic rings. The zero-order valence-corrected chi connectivity index (χ0v) is 15.9. The lowest BCUT2D eigenvalue weighted by molar-refractivity contribution is -0.121. The van der Waals surface area contributed by atoms with E-state index in [1.807, 2.05) is 19.9 Å². The van der Waals surface area contributed by atoms with Crippen molar-refractivity contribution in [3.63, 3.8) is 0 Å². The number of hydrogen-bond acceptors (Lipinski definition) is 4. The van der Waals surface area contributed by atoms with Gasteiger partial charge in [0.15, 0.2) is 0 Å². The minimum atomic E-state index is -0.368. The fourth-order valence-electron chi connectivity index (χ4n) is 4.11. The lowest BCUT2D eigenvalue weighted by Gasteiger charge is -2.22. The molecule has 2 heterocycles. The van der Waals surface area contributed by atoms with Crippen molar-refractivity contribution in [2.75, 3.05) is 0 Å². The van der Waals surface area contributed by atoms with Crippen molar-refractivity contribution in [3.05, 3.63) is 45.5 Å². The van der Waals surface area contributed by atoms with Crippen molar-refractivity contribution in [3.8, 4) is 0 Å². The highest BCUT2D eigenvalue weighted by atomic mass is 16.4. The Bertz CT molecular complexity index is 1050. The molecule has 1 fully saturated rings. The number of furan rings is 1. The Hall–Kier alpha value is -2.56. The van der Waals surface area contributed by atoms with Gasteiger partial charge < -0.3 is 14.2 Å². The summed E-state index contributed by atoms with van der Waals surface area (Å²) in [6.45, 7) is 3.91. The predicted octanol–water partition coefficient (Wildman–Crippen LogP) is 4.54. The summed E-state index contributed by atoms with van der Waals surface area (Å²) in [6.07, 6.45) is 8.14. The van der Waals surface area contributed by atoms with Crippen LogP contribution in [0.15, 0.2) is 32.0 Å². The van der Waals surface area contributed by atoms with Crippen LogP contribution >= 0.6 is 0 Å². The molecule has 0 spiro atoms. The van der Waals surface area contributed by atoms with Gasteiger partial charge in [0.2, 0.25) is 5.91 Å². The molecule has 1 aliphatic carbocycles. The first-order valence-corrected chi connectivity index (χ1v) is 9.76. The highest BCUT2D eigenvalue weighted by molar-refractivity contribution is 5.96. The van der Waals surface area contributed by atoms with Gasteiger partial charge in [-0.05, 0) is 50.3 Å². The van der Waals surface area contributed by atoms with Gasteiger partial charge in [-0.25, -0.2) is 4.79 Å². The van der Waals surface area contributed by atoms with Crippen molar-refractivity contribution < 1.29 is 13.6 Å². The largest absolute Gasteiger partial charge is 0.464 e. The van der Waals surface area contributed by atoms with Gasteiger partial charge in [0.1, 0.15) is 11.2 Å². The summed E-state index contributed by atoms with van der Waals surface area (Å²) in [6, 6.07) is 4.07. The van der Waals surface area contributed by atoms with Crippen LogP contribution in [0.5, 0.6) is 0 Å². The van der Waals surface area contributed by atoms with Crippen LogP contribution < -0.4 is 10.9 Å². The van der Waals surface area contributed by atoms with Crippen LogP contribution in [0.2, 0.25) is 0 Å². The Kier molecular flexibility index (Phi) is 4.77. The SMILES string of the molecule is Cc1coc2cc3oc(=O)c(CCC(=O)NC4CCCCC4)c(C)c3cc12. The Morgan fingerprint density at radius 3 is 2.67 bits per heavy atom. The molecular weight excluding hydrogens is 342 g/mol. The zero-order chi connectivity index (χ0) is 19.0. The van der Waals surface area contributed by atoms with E-state index in [-0.39, 0.29) is 17.6 Å². The maximum Gasteiger partial charge on any atom is 0.339 e. The number of benzene rings is 1. The summed E-state index contributed by atoms with van der Waals surface area (Å²) in [5, 5.41) is 5.02. The van der Waals surface area contributed by atoms with Crippen LogP contribution in [-0.4, -0.2) is 11.9 Å². The van der Waals surface area contributed by atoms with Gasteiger partial charge in [0.05, 0.1) is 6.26 Å². The number of nitrogens with one attached hydrogen (secondary N) is 1. The number of fused-ring (bicyclic) bond motifs is 2. The monoisotopic (exact) mass is 367 g/mol. The number of aryl methyl sites for hydroxylation is 2. The van der Waals surface area contributed by atoms with Crippen molar-refractivity contribution in [2.45, 2.75) is 64.8 Å². The minimum Gasteiger partial charge on any atom is -0.464 e. The second kappa shape index (κ2) is 7.22. The average molecular weight is 367 g/mol. The molecule has 1 aromatic carbocycles. The molecule has 0 atom stereocenters. The molecule has 0 bridgehead atoms. The Balaban J connectivity index is 1.57. The third-order valence-corrected chi connectivity index (χ3v) is 5.75. The topological polar surface area (TPSA) is 72.5 Å². The molecule has 0 aliphatic heterocycles. The third-order valence-electron chi connectivity index (χ3n) is 5.75.